The van der Waals surface area contributed by atoms with Gasteiger partial charge in [0.1, 0.15) is 6.73 Å². The van der Waals surface area contributed by atoms with E-state index in [-0.39, 0.29) is 12.0 Å². The lowest BCUT2D eigenvalue weighted by atomic mass is 10.1. The van der Waals surface area contributed by atoms with Gasteiger partial charge in [0.05, 0.1) is 6.10 Å². The predicted octanol–water partition coefficient (Wildman–Crippen LogP) is 3.71. The Bertz CT molecular complexity index is 552. The van der Waals surface area contributed by atoms with E-state index in [1.807, 2.05) is 74.5 Å². The van der Waals surface area contributed by atoms with Gasteiger partial charge in [0, 0.05) is 12.1 Å². The highest BCUT2D eigenvalue weighted by atomic mass is 16.5. The Morgan fingerprint density at radius 1 is 1.00 bits per heavy atom. The molecule has 0 aliphatic rings. The molecule has 3 nitrogen and oxygen atoms in total. The molecule has 0 fully saturated rings. The summed E-state index contributed by atoms with van der Waals surface area (Å²) >= 11 is 0. The van der Waals surface area contributed by atoms with Crippen LogP contribution in [0.15, 0.2) is 60.7 Å². The van der Waals surface area contributed by atoms with Crippen LogP contribution in [-0.2, 0) is 11.3 Å². The van der Waals surface area contributed by atoms with Crippen molar-refractivity contribution in [3.05, 3.63) is 71.8 Å². The molecule has 0 unspecified atom stereocenters. The van der Waals surface area contributed by atoms with Crippen molar-refractivity contribution in [1.29, 1.82) is 0 Å². The number of hydrogen-bond acceptors (Lipinski definition) is 2. The third-order valence-corrected chi connectivity index (χ3v) is 3.09. The molecular formula is C18H21NO2. The maximum atomic E-state index is 12.6. The highest BCUT2D eigenvalue weighted by Crippen LogP contribution is 2.10. The first-order chi connectivity index (χ1) is 10.2. The van der Waals surface area contributed by atoms with Crippen LogP contribution in [0.25, 0.3) is 0 Å². The van der Waals surface area contributed by atoms with E-state index in [1.165, 1.54) is 0 Å². The summed E-state index contributed by atoms with van der Waals surface area (Å²) in [5.41, 5.74) is 1.77. The zero-order valence-corrected chi connectivity index (χ0v) is 12.5. The van der Waals surface area contributed by atoms with Crippen LogP contribution in [0, 0.1) is 0 Å². The van der Waals surface area contributed by atoms with Gasteiger partial charge in [0.25, 0.3) is 5.91 Å². The van der Waals surface area contributed by atoms with E-state index >= 15 is 0 Å². The molecule has 110 valence electrons. The fourth-order valence-electron chi connectivity index (χ4n) is 1.98. The van der Waals surface area contributed by atoms with E-state index in [0.717, 1.165) is 5.56 Å². The summed E-state index contributed by atoms with van der Waals surface area (Å²) in [5, 5.41) is 0. The zero-order chi connectivity index (χ0) is 15.1. The Labute approximate surface area is 126 Å². The molecule has 2 rings (SSSR count). The molecule has 2 aromatic carbocycles. The Hall–Kier alpha value is -2.13. The molecule has 0 heterocycles. The summed E-state index contributed by atoms with van der Waals surface area (Å²) in [5.74, 6) is -0.0138. The van der Waals surface area contributed by atoms with E-state index in [0.29, 0.717) is 18.8 Å². The molecule has 0 radical (unpaired) electrons. The maximum Gasteiger partial charge on any atom is 0.255 e. The minimum Gasteiger partial charge on any atom is -0.358 e. The van der Waals surface area contributed by atoms with E-state index < -0.39 is 0 Å². The van der Waals surface area contributed by atoms with Gasteiger partial charge < -0.3 is 9.64 Å². The summed E-state index contributed by atoms with van der Waals surface area (Å²) in [6.07, 6.45) is 0.0897. The first-order valence-electron chi connectivity index (χ1n) is 7.16. The van der Waals surface area contributed by atoms with Crippen LogP contribution in [0.2, 0.25) is 0 Å². The molecule has 0 bridgehead atoms. The van der Waals surface area contributed by atoms with Crippen LogP contribution in [0.5, 0.6) is 0 Å². The number of nitrogens with zero attached hydrogens (tertiary/aromatic N) is 1. The topological polar surface area (TPSA) is 29.5 Å². The number of hydrogen-bond donors (Lipinski definition) is 0. The van der Waals surface area contributed by atoms with Crippen LogP contribution in [-0.4, -0.2) is 23.6 Å². The summed E-state index contributed by atoms with van der Waals surface area (Å²) in [6, 6.07) is 19.3. The Morgan fingerprint density at radius 2 is 1.57 bits per heavy atom. The van der Waals surface area contributed by atoms with Gasteiger partial charge in [-0.05, 0) is 31.5 Å². The third-order valence-electron chi connectivity index (χ3n) is 3.09. The Kier molecular flexibility index (Phi) is 5.52. The largest absolute Gasteiger partial charge is 0.358 e. The number of carbonyl (C=O) groups excluding carboxylic acids is 1. The van der Waals surface area contributed by atoms with Crippen molar-refractivity contribution < 1.29 is 9.53 Å². The van der Waals surface area contributed by atoms with Crippen LogP contribution >= 0.6 is 0 Å². The van der Waals surface area contributed by atoms with E-state index in [2.05, 4.69) is 0 Å². The van der Waals surface area contributed by atoms with Gasteiger partial charge >= 0.3 is 0 Å². The SMILES string of the molecule is CC(C)OCN(Cc1ccccc1)C(=O)c1ccccc1. The average molecular weight is 283 g/mol. The summed E-state index contributed by atoms with van der Waals surface area (Å²) in [7, 11) is 0. The lowest BCUT2D eigenvalue weighted by Gasteiger charge is -2.24. The molecule has 0 atom stereocenters. The summed E-state index contributed by atoms with van der Waals surface area (Å²) in [4.78, 5) is 14.3. The number of amides is 1. The van der Waals surface area contributed by atoms with Gasteiger partial charge in [-0.1, -0.05) is 48.5 Å². The highest BCUT2D eigenvalue weighted by Gasteiger charge is 2.16. The van der Waals surface area contributed by atoms with Gasteiger partial charge in [0.2, 0.25) is 0 Å². The molecule has 1 amide bonds. The number of rotatable bonds is 6. The molecule has 0 saturated carbocycles. The monoisotopic (exact) mass is 283 g/mol. The van der Waals surface area contributed by atoms with Gasteiger partial charge in [0.15, 0.2) is 0 Å². The second-order valence-electron chi connectivity index (χ2n) is 5.20. The zero-order valence-electron chi connectivity index (χ0n) is 12.5. The molecule has 3 heteroatoms. The quantitative estimate of drug-likeness (QED) is 0.756. The van der Waals surface area contributed by atoms with Crippen molar-refractivity contribution >= 4 is 5.91 Å². The minimum absolute atomic E-state index is 0.0138. The number of ether oxygens (including phenoxy) is 1. The number of benzene rings is 2. The van der Waals surface area contributed by atoms with Crippen molar-refractivity contribution in [1.82, 2.24) is 4.90 Å². The van der Waals surface area contributed by atoms with Crippen LogP contribution in [0.1, 0.15) is 29.8 Å². The van der Waals surface area contributed by atoms with Gasteiger partial charge in [-0.3, -0.25) is 4.79 Å². The molecule has 21 heavy (non-hydrogen) atoms. The lowest BCUT2D eigenvalue weighted by molar-refractivity contribution is -0.00436. The minimum atomic E-state index is -0.0138. The summed E-state index contributed by atoms with van der Waals surface area (Å²) in [6.45, 7) is 4.77. The van der Waals surface area contributed by atoms with E-state index in [1.54, 1.807) is 4.90 Å². The summed E-state index contributed by atoms with van der Waals surface area (Å²) < 4.78 is 5.62. The van der Waals surface area contributed by atoms with Crippen molar-refractivity contribution in [3.8, 4) is 0 Å². The van der Waals surface area contributed by atoms with Gasteiger partial charge in [-0.15, -0.1) is 0 Å². The van der Waals surface area contributed by atoms with E-state index in [9.17, 15) is 4.79 Å². The molecule has 0 N–H and O–H groups in total. The first kappa shape index (κ1) is 15.3. The Balaban J connectivity index is 2.13. The van der Waals surface area contributed by atoms with Crippen LogP contribution < -0.4 is 0 Å². The fraction of sp³-hybridized carbons (Fsp3) is 0.278. The van der Waals surface area contributed by atoms with Crippen molar-refractivity contribution in [3.63, 3.8) is 0 Å². The normalized spacial score (nSPS) is 10.6. The average Bonchev–Trinajstić information content (AvgIpc) is 2.52. The van der Waals surface area contributed by atoms with Crippen LogP contribution in [0.3, 0.4) is 0 Å². The molecule has 0 saturated heterocycles. The van der Waals surface area contributed by atoms with Crippen molar-refractivity contribution in [2.45, 2.75) is 26.5 Å². The highest BCUT2D eigenvalue weighted by molar-refractivity contribution is 5.94. The molecule has 0 spiro atoms. The third kappa shape index (κ3) is 4.72. The molecule has 2 aromatic rings. The second-order valence-corrected chi connectivity index (χ2v) is 5.20. The van der Waals surface area contributed by atoms with Gasteiger partial charge in [-0.2, -0.15) is 0 Å². The Morgan fingerprint density at radius 3 is 2.14 bits per heavy atom. The fourth-order valence-corrected chi connectivity index (χ4v) is 1.98. The molecule has 0 aromatic heterocycles. The van der Waals surface area contributed by atoms with Crippen LogP contribution in [0.4, 0.5) is 0 Å². The van der Waals surface area contributed by atoms with E-state index in [4.69, 9.17) is 4.74 Å². The molecular weight excluding hydrogens is 262 g/mol. The molecule has 0 aliphatic carbocycles. The standard InChI is InChI=1S/C18H21NO2/c1-15(2)21-14-19(13-16-9-5-3-6-10-16)18(20)17-11-7-4-8-12-17/h3-12,15H,13-14H2,1-2H3. The number of carbonyl (C=O) groups is 1. The van der Waals surface area contributed by atoms with Crippen molar-refractivity contribution in [2.75, 3.05) is 6.73 Å². The lowest BCUT2D eigenvalue weighted by Crippen LogP contribution is -2.33. The van der Waals surface area contributed by atoms with Crippen molar-refractivity contribution in [2.24, 2.45) is 0 Å². The maximum absolute atomic E-state index is 12.6. The second kappa shape index (κ2) is 7.60. The smallest absolute Gasteiger partial charge is 0.255 e. The van der Waals surface area contributed by atoms with Gasteiger partial charge in [-0.25, -0.2) is 0 Å². The molecule has 0 aliphatic heterocycles. The predicted molar refractivity (Wildman–Crippen MR) is 83.8 cm³/mol. The first-order valence-corrected chi connectivity index (χ1v) is 7.16.